The van der Waals surface area contributed by atoms with Gasteiger partial charge < -0.3 is 9.84 Å². The van der Waals surface area contributed by atoms with E-state index in [1.807, 2.05) is 31.2 Å². The molecule has 1 aromatic heterocycles. The molecule has 1 N–H and O–H groups in total. The zero-order chi connectivity index (χ0) is 14.4. The van der Waals surface area contributed by atoms with Gasteiger partial charge in [-0.15, -0.1) is 5.10 Å². The average molecular weight is 275 g/mol. The Labute approximate surface area is 119 Å². The SMILES string of the molecule is CCCCc1c(CO)nnn1-c1ccccc1OCC. The van der Waals surface area contributed by atoms with E-state index in [9.17, 15) is 5.11 Å². The molecule has 0 unspecified atom stereocenters. The minimum Gasteiger partial charge on any atom is -0.492 e. The molecule has 0 aliphatic heterocycles. The maximum absolute atomic E-state index is 9.40. The van der Waals surface area contributed by atoms with Crippen LogP contribution in [0.1, 0.15) is 38.1 Å². The van der Waals surface area contributed by atoms with Gasteiger partial charge in [0.25, 0.3) is 0 Å². The molecule has 0 amide bonds. The van der Waals surface area contributed by atoms with Crippen molar-refractivity contribution in [2.75, 3.05) is 6.61 Å². The first kappa shape index (κ1) is 14.5. The van der Waals surface area contributed by atoms with E-state index >= 15 is 0 Å². The third-order valence-electron chi connectivity index (χ3n) is 3.15. The molecule has 108 valence electrons. The molecule has 2 aromatic rings. The molecule has 0 saturated carbocycles. The van der Waals surface area contributed by atoms with Crippen molar-refractivity contribution in [2.45, 2.75) is 39.7 Å². The van der Waals surface area contributed by atoms with Crippen LogP contribution >= 0.6 is 0 Å². The summed E-state index contributed by atoms with van der Waals surface area (Å²) < 4.78 is 7.43. The highest BCUT2D eigenvalue weighted by Gasteiger charge is 2.15. The standard InChI is InChI=1S/C15H21N3O2/c1-3-5-8-13-12(11-19)16-17-18(13)14-9-6-7-10-15(14)20-4-2/h6-7,9-10,19H,3-5,8,11H2,1-2H3. The van der Waals surface area contributed by atoms with Crippen LogP contribution in [0.25, 0.3) is 5.69 Å². The van der Waals surface area contributed by atoms with Crippen LogP contribution in [0.2, 0.25) is 0 Å². The molecule has 0 atom stereocenters. The lowest BCUT2D eigenvalue weighted by Gasteiger charge is -2.12. The zero-order valence-electron chi connectivity index (χ0n) is 12.0. The zero-order valence-corrected chi connectivity index (χ0v) is 12.0. The number of para-hydroxylation sites is 2. The van der Waals surface area contributed by atoms with Gasteiger partial charge in [0.05, 0.1) is 18.9 Å². The third kappa shape index (κ3) is 2.99. The average Bonchev–Trinajstić information content (AvgIpc) is 2.88. The van der Waals surface area contributed by atoms with E-state index in [1.165, 1.54) is 0 Å². The van der Waals surface area contributed by atoms with E-state index in [2.05, 4.69) is 17.2 Å². The smallest absolute Gasteiger partial charge is 0.145 e. The largest absolute Gasteiger partial charge is 0.492 e. The quantitative estimate of drug-likeness (QED) is 0.843. The van der Waals surface area contributed by atoms with Gasteiger partial charge in [0.2, 0.25) is 0 Å². The fourth-order valence-electron chi connectivity index (χ4n) is 2.15. The van der Waals surface area contributed by atoms with Crippen molar-refractivity contribution >= 4 is 0 Å². The fraction of sp³-hybridized carbons (Fsp3) is 0.467. The molecule has 20 heavy (non-hydrogen) atoms. The molecule has 0 aliphatic carbocycles. The molecule has 0 bridgehead atoms. The Morgan fingerprint density at radius 1 is 1.25 bits per heavy atom. The van der Waals surface area contributed by atoms with Crippen LogP contribution in [0.5, 0.6) is 5.75 Å². The van der Waals surface area contributed by atoms with Gasteiger partial charge in [-0.25, -0.2) is 4.68 Å². The molecule has 0 saturated heterocycles. The molecule has 0 spiro atoms. The first-order chi connectivity index (χ1) is 9.81. The van der Waals surface area contributed by atoms with E-state index < -0.39 is 0 Å². The molecule has 2 rings (SSSR count). The van der Waals surface area contributed by atoms with Gasteiger partial charge in [-0.1, -0.05) is 30.7 Å². The number of aliphatic hydroxyl groups excluding tert-OH is 1. The summed E-state index contributed by atoms with van der Waals surface area (Å²) >= 11 is 0. The first-order valence-electron chi connectivity index (χ1n) is 7.08. The topological polar surface area (TPSA) is 60.2 Å². The first-order valence-corrected chi connectivity index (χ1v) is 7.08. The lowest BCUT2D eigenvalue weighted by molar-refractivity contribution is 0.275. The number of aliphatic hydroxyl groups is 1. The Kier molecular flexibility index (Phi) is 5.12. The van der Waals surface area contributed by atoms with E-state index in [0.717, 1.165) is 36.4 Å². The molecular weight excluding hydrogens is 254 g/mol. The number of aromatic nitrogens is 3. The molecule has 5 heteroatoms. The van der Waals surface area contributed by atoms with Gasteiger partial charge in [0, 0.05) is 0 Å². The van der Waals surface area contributed by atoms with Crippen molar-refractivity contribution in [3.05, 3.63) is 35.7 Å². The summed E-state index contributed by atoms with van der Waals surface area (Å²) in [6.45, 7) is 4.61. The van der Waals surface area contributed by atoms with Gasteiger partial charge in [-0.3, -0.25) is 0 Å². The lowest BCUT2D eigenvalue weighted by Crippen LogP contribution is -2.06. The summed E-state index contributed by atoms with van der Waals surface area (Å²) in [6, 6.07) is 7.75. The maximum Gasteiger partial charge on any atom is 0.145 e. The summed E-state index contributed by atoms with van der Waals surface area (Å²) in [5.74, 6) is 0.780. The number of benzene rings is 1. The van der Waals surface area contributed by atoms with Crippen LogP contribution in [-0.4, -0.2) is 26.7 Å². The van der Waals surface area contributed by atoms with Crippen molar-refractivity contribution < 1.29 is 9.84 Å². The normalized spacial score (nSPS) is 10.8. The molecule has 0 fully saturated rings. The summed E-state index contributed by atoms with van der Waals surface area (Å²) in [6.07, 6.45) is 2.97. The van der Waals surface area contributed by atoms with Gasteiger partial charge in [0.15, 0.2) is 0 Å². The van der Waals surface area contributed by atoms with Gasteiger partial charge >= 0.3 is 0 Å². The van der Waals surface area contributed by atoms with Crippen molar-refractivity contribution in [1.29, 1.82) is 0 Å². The second-order valence-corrected chi connectivity index (χ2v) is 4.56. The van der Waals surface area contributed by atoms with Gasteiger partial charge in [-0.05, 0) is 31.9 Å². The second kappa shape index (κ2) is 7.05. The number of unbranched alkanes of at least 4 members (excludes halogenated alkanes) is 1. The molecule has 0 aliphatic rings. The van der Waals surface area contributed by atoms with Crippen LogP contribution in [-0.2, 0) is 13.0 Å². The van der Waals surface area contributed by atoms with Crippen LogP contribution in [0, 0.1) is 0 Å². The summed E-state index contributed by atoms with van der Waals surface area (Å²) in [5.41, 5.74) is 2.47. The number of hydrogen-bond acceptors (Lipinski definition) is 4. The van der Waals surface area contributed by atoms with Crippen molar-refractivity contribution in [3.8, 4) is 11.4 Å². The van der Waals surface area contributed by atoms with E-state index in [4.69, 9.17) is 4.74 Å². The Morgan fingerprint density at radius 2 is 2.05 bits per heavy atom. The minimum absolute atomic E-state index is 0.0875. The maximum atomic E-state index is 9.40. The fourth-order valence-corrected chi connectivity index (χ4v) is 2.15. The van der Waals surface area contributed by atoms with Gasteiger partial charge in [0.1, 0.15) is 17.1 Å². The second-order valence-electron chi connectivity index (χ2n) is 4.56. The monoisotopic (exact) mass is 275 g/mol. The van der Waals surface area contributed by atoms with E-state index in [1.54, 1.807) is 4.68 Å². The van der Waals surface area contributed by atoms with E-state index in [0.29, 0.717) is 12.3 Å². The molecule has 1 heterocycles. The molecule has 5 nitrogen and oxygen atoms in total. The Hall–Kier alpha value is -1.88. The van der Waals surface area contributed by atoms with E-state index in [-0.39, 0.29) is 6.61 Å². The minimum atomic E-state index is -0.0875. The van der Waals surface area contributed by atoms with Crippen LogP contribution < -0.4 is 4.74 Å². The third-order valence-corrected chi connectivity index (χ3v) is 3.15. The highest BCUT2D eigenvalue weighted by atomic mass is 16.5. The van der Waals surface area contributed by atoms with Gasteiger partial charge in [-0.2, -0.15) is 0 Å². The Morgan fingerprint density at radius 3 is 2.75 bits per heavy atom. The molecule has 0 radical (unpaired) electrons. The van der Waals surface area contributed by atoms with Crippen molar-refractivity contribution in [3.63, 3.8) is 0 Å². The van der Waals surface area contributed by atoms with Crippen molar-refractivity contribution in [2.24, 2.45) is 0 Å². The predicted molar refractivity (Wildman–Crippen MR) is 77.1 cm³/mol. The number of nitrogens with zero attached hydrogens (tertiary/aromatic N) is 3. The lowest BCUT2D eigenvalue weighted by atomic mass is 10.1. The Balaban J connectivity index is 2.44. The predicted octanol–water partition coefficient (Wildman–Crippen LogP) is 2.50. The van der Waals surface area contributed by atoms with Crippen molar-refractivity contribution in [1.82, 2.24) is 15.0 Å². The molecule has 1 aromatic carbocycles. The number of rotatable bonds is 7. The summed E-state index contributed by atoms with van der Waals surface area (Å²) in [4.78, 5) is 0. The summed E-state index contributed by atoms with van der Waals surface area (Å²) in [7, 11) is 0. The number of hydrogen-bond donors (Lipinski definition) is 1. The highest BCUT2D eigenvalue weighted by molar-refractivity contribution is 5.47. The summed E-state index contributed by atoms with van der Waals surface area (Å²) in [5, 5.41) is 17.7. The van der Waals surface area contributed by atoms with Crippen LogP contribution in [0.3, 0.4) is 0 Å². The highest BCUT2D eigenvalue weighted by Crippen LogP contribution is 2.24. The molecular formula is C15H21N3O2. The van der Waals surface area contributed by atoms with Crippen LogP contribution in [0.4, 0.5) is 0 Å². The number of ether oxygens (including phenoxy) is 1. The van der Waals surface area contributed by atoms with Crippen LogP contribution in [0.15, 0.2) is 24.3 Å². The Bertz CT molecular complexity index is 552.